The monoisotopic (exact) mass is 240 g/mol. The van der Waals surface area contributed by atoms with Crippen molar-refractivity contribution in [3.8, 4) is 0 Å². The first kappa shape index (κ1) is 12.2. The zero-order valence-electron chi connectivity index (χ0n) is 10.2. The van der Waals surface area contributed by atoms with Crippen molar-refractivity contribution >= 4 is 12.0 Å². The molecule has 0 radical (unpaired) electrons. The van der Waals surface area contributed by atoms with E-state index >= 15 is 0 Å². The molecule has 2 fully saturated rings. The second-order valence-corrected chi connectivity index (χ2v) is 5.23. The zero-order chi connectivity index (χ0) is 12.5. The molecular formula is C12H20N2O3. The zero-order valence-corrected chi connectivity index (χ0v) is 10.2. The Bertz CT molecular complexity index is 322. The summed E-state index contributed by atoms with van der Waals surface area (Å²) in [6.07, 6.45) is 3.78. The third-order valence-corrected chi connectivity index (χ3v) is 3.73. The van der Waals surface area contributed by atoms with Crippen LogP contribution in [0.3, 0.4) is 0 Å². The fourth-order valence-electron chi connectivity index (χ4n) is 1.94. The van der Waals surface area contributed by atoms with Gasteiger partial charge in [-0.15, -0.1) is 0 Å². The first-order valence-electron chi connectivity index (χ1n) is 6.33. The Balaban J connectivity index is 1.77. The van der Waals surface area contributed by atoms with E-state index in [1.165, 1.54) is 12.8 Å². The average molecular weight is 240 g/mol. The average Bonchev–Trinajstić information content (AvgIpc) is 3.16. The maximum absolute atomic E-state index is 11.9. The van der Waals surface area contributed by atoms with Gasteiger partial charge in [0.05, 0.1) is 5.41 Å². The number of hydrogen-bond donors (Lipinski definition) is 2. The maximum Gasteiger partial charge on any atom is 0.317 e. The lowest BCUT2D eigenvalue weighted by atomic mass is 10.1. The van der Waals surface area contributed by atoms with Crippen LogP contribution in [0, 0.1) is 11.3 Å². The SMILES string of the molecule is CCN(CC1CC1)C(=O)NCC1(C(=O)O)CC1. The van der Waals surface area contributed by atoms with Gasteiger partial charge in [-0.1, -0.05) is 0 Å². The van der Waals surface area contributed by atoms with Gasteiger partial charge < -0.3 is 15.3 Å². The number of aliphatic carboxylic acids is 1. The molecule has 17 heavy (non-hydrogen) atoms. The van der Waals surface area contributed by atoms with Crippen molar-refractivity contribution in [2.45, 2.75) is 32.6 Å². The molecular weight excluding hydrogens is 220 g/mol. The van der Waals surface area contributed by atoms with Crippen LogP contribution in [0.4, 0.5) is 4.79 Å². The molecule has 0 aromatic carbocycles. The molecule has 5 nitrogen and oxygen atoms in total. The predicted octanol–water partition coefficient (Wildman–Crippen LogP) is 1.29. The van der Waals surface area contributed by atoms with Gasteiger partial charge in [0.15, 0.2) is 0 Å². The van der Waals surface area contributed by atoms with Gasteiger partial charge in [0.25, 0.3) is 0 Å². The molecule has 5 heteroatoms. The van der Waals surface area contributed by atoms with Crippen molar-refractivity contribution in [3.05, 3.63) is 0 Å². The van der Waals surface area contributed by atoms with Crippen LogP contribution in [0.25, 0.3) is 0 Å². The van der Waals surface area contributed by atoms with E-state index in [0.29, 0.717) is 25.3 Å². The summed E-state index contributed by atoms with van der Waals surface area (Å²) in [4.78, 5) is 24.6. The van der Waals surface area contributed by atoms with Gasteiger partial charge in [-0.05, 0) is 38.5 Å². The quantitative estimate of drug-likeness (QED) is 0.735. The summed E-state index contributed by atoms with van der Waals surface area (Å²) in [7, 11) is 0. The maximum atomic E-state index is 11.9. The minimum atomic E-state index is -0.789. The highest BCUT2D eigenvalue weighted by molar-refractivity contribution is 5.80. The first-order chi connectivity index (χ1) is 8.07. The predicted molar refractivity (Wildman–Crippen MR) is 62.7 cm³/mol. The van der Waals surface area contributed by atoms with Gasteiger partial charge >= 0.3 is 12.0 Å². The van der Waals surface area contributed by atoms with Crippen LogP contribution in [0.1, 0.15) is 32.6 Å². The third-order valence-electron chi connectivity index (χ3n) is 3.73. The smallest absolute Gasteiger partial charge is 0.317 e. The number of nitrogens with one attached hydrogen (secondary N) is 1. The molecule has 2 rings (SSSR count). The summed E-state index contributed by atoms with van der Waals surface area (Å²) in [5.74, 6) is -0.127. The summed E-state index contributed by atoms with van der Waals surface area (Å²) in [5.41, 5.74) is -0.672. The lowest BCUT2D eigenvalue weighted by Crippen LogP contribution is -2.44. The Morgan fingerprint density at radius 2 is 2.06 bits per heavy atom. The molecule has 2 aliphatic carbocycles. The second kappa shape index (κ2) is 4.55. The number of rotatable bonds is 6. The molecule has 0 unspecified atom stereocenters. The van der Waals surface area contributed by atoms with Gasteiger partial charge in [-0.3, -0.25) is 4.79 Å². The van der Waals surface area contributed by atoms with E-state index in [1.54, 1.807) is 4.90 Å². The fourth-order valence-corrected chi connectivity index (χ4v) is 1.94. The molecule has 0 aromatic rings. The highest BCUT2D eigenvalue weighted by atomic mass is 16.4. The number of carboxylic acid groups (broad SMARTS) is 1. The summed E-state index contributed by atoms with van der Waals surface area (Å²) in [6.45, 7) is 3.71. The Kier molecular flexibility index (Phi) is 3.26. The summed E-state index contributed by atoms with van der Waals surface area (Å²) in [6, 6.07) is -0.119. The van der Waals surface area contributed by atoms with Gasteiger partial charge in [0.1, 0.15) is 0 Å². The van der Waals surface area contributed by atoms with Gasteiger partial charge in [0.2, 0.25) is 0 Å². The molecule has 0 bridgehead atoms. The molecule has 0 atom stereocenters. The Hall–Kier alpha value is -1.26. The van der Waals surface area contributed by atoms with E-state index in [2.05, 4.69) is 5.32 Å². The second-order valence-electron chi connectivity index (χ2n) is 5.23. The topological polar surface area (TPSA) is 69.6 Å². The van der Waals surface area contributed by atoms with Crippen molar-refractivity contribution in [1.29, 1.82) is 0 Å². The fraction of sp³-hybridized carbons (Fsp3) is 0.833. The molecule has 2 N–H and O–H groups in total. The minimum Gasteiger partial charge on any atom is -0.481 e. The Labute approximate surface area is 101 Å². The molecule has 2 aliphatic rings. The van der Waals surface area contributed by atoms with Crippen LogP contribution < -0.4 is 5.32 Å². The van der Waals surface area contributed by atoms with Crippen LogP contribution in [-0.4, -0.2) is 41.6 Å². The number of hydrogen-bond acceptors (Lipinski definition) is 2. The van der Waals surface area contributed by atoms with Crippen molar-refractivity contribution in [1.82, 2.24) is 10.2 Å². The summed E-state index contributed by atoms with van der Waals surface area (Å²) < 4.78 is 0. The van der Waals surface area contributed by atoms with E-state index in [1.807, 2.05) is 6.92 Å². The number of amides is 2. The van der Waals surface area contributed by atoms with Crippen LogP contribution >= 0.6 is 0 Å². The molecule has 96 valence electrons. The minimum absolute atomic E-state index is 0.119. The first-order valence-corrected chi connectivity index (χ1v) is 6.33. The highest BCUT2D eigenvalue weighted by Gasteiger charge is 2.50. The third kappa shape index (κ3) is 2.90. The van der Waals surface area contributed by atoms with E-state index in [4.69, 9.17) is 5.11 Å². The van der Waals surface area contributed by atoms with E-state index < -0.39 is 11.4 Å². The standard InChI is InChI=1S/C12H20N2O3/c1-2-14(7-9-3-4-9)11(17)13-8-12(5-6-12)10(15)16/h9H,2-8H2,1H3,(H,13,17)(H,15,16). The Morgan fingerprint density at radius 3 is 2.47 bits per heavy atom. The van der Waals surface area contributed by atoms with Crippen LogP contribution in [-0.2, 0) is 4.79 Å². The molecule has 0 aliphatic heterocycles. The molecule has 0 saturated heterocycles. The van der Waals surface area contributed by atoms with Crippen molar-refractivity contribution in [3.63, 3.8) is 0 Å². The molecule has 0 heterocycles. The van der Waals surface area contributed by atoms with Crippen molar-refractivity contribution in [2.75, 3.05) is 19.6 Å². The highest BCUT2D eigenvalue weighted by Crippen LogP contribution is 2.45. The largest absolute Gasteiger partial charge is 0.481 e. The van der Waals surface area contributed by atoms with E-state index in [0.717, 1.165) is 6.54 Å². The van der Waals surface area contributed by atoms with Crippen molar-refractivity contribution in [2.24, 2.45) is 11.3 Å². The van der Waals surface area contributed by atoms with Crippen LogP contribution in [0.5, 0.6) is 0 Å². The van der Waals surface area contributed by atoms with Crippen molar-refractivity contribution < 1.29 is 14.7 Å². The van der Waals surface area contributed by atoms with E-state index in [9.17, 15) is 9.59 Å². The lowest BCUT2D eigenvalue weighted by Gasteiger charge is -2.22. The summed E-state index contributed by atoms with van der Waals surface area (Å²) in [5, 5.41) is 11.8. The molecule has 0 spiro atoms. The van der Waals surface area contributed by atoms with Crippen LogP contribution in [0.2, 0.25) is 0 Å². The molecule has 0 aromatic heterocycles. The van der Waals surface area contributed by atoms with Crippen LogP contribution in [0.15, 0.2) is 0 Å². The van der Waals surface area contributed by atoms with E-state index in [-0.39, 0.29) is 12.6 Å². The number of carbonyl (C=O) groups excluding carboxylic acids is 1. The molecule has 2 saturated carbocycles. The Morgan fingerprint density at radius 1 is 1.41 bits per heavy atom. The number of nitrogens with zero attached hydrogens (tertiary/aromatic N) is 1. The normalized spacial score (nSPS) is 20.8. The molecule has 2 amide bonds. The summed E-state index contributed by atoms with van der Waals surface area (Å²) >= 11 is 0. The van der Waals surface area contributed by atoms with Gasteiger partial charge in [-0.25, -0.2) is 4.79 Å². The number of carboxylic acids is 1. The lowest BCUT2D eigenvalue weighted by molar-refractivity contribution is -0.143. The van der Waals surface area contributed by atoms with Gasteiger partial charge in [-0.2, -0.15) is 0 Å². The number of urea groups is 1. The number of carbonyl (C=O) groups is 2. The van der Waals surface area contributed by atoms with Gasteiger partial charge in [0, 0.05) is 19.6 Å².